The van der Waals surface area contributed by atoms with Gasteiger partial charge >= 0.3 is 5.97 Å². The number of nitrogens with two attached hydrogens (primary N) is 1. The van der Waals surface area contributed by atoms with Crippen LogP contribution in [0.3, 0.4) is 0 Å². The van der Waals surface area contributed by atoms with Crippen molar-refractivity contribution in [2.45, 2.75) is 65.0 Å². The Bertz CT molecular complexity index is 228. The first kappa shape index (κ1) is 13.5. The molecule has 0 saturated heterocycles. The lowest BCUT2D eigenvalue weighted by molar-refractivity contribution is -0.155. The third-order valence-electron chi connectivity index (χ3n) is 3.33. The van der Waals surface area contributed by atoms with Gasteiger partial charge in [-0.3, -0.25) is 4.79 Å². The maximum absolute atomic E-state index is 11.7. The predicted molar refractivity (Wildman–Crippen MR) is 64.9 cm³/mol. The molecule has 2 N–H and O–H groups in total. The van der Waals surface area contributed by atoms with Crippen LogP contribution in [0.5, 0.6) is 0 Å². The lowest BCUT2D eigenvalue weighted by atomic mass is 9.88. The third-order valence-corrected chi connectivity index (χ3v) is 3.33. The first-order valence-electron chi connectivity index (χ1n) is 6.46. The highest BCUT2D eigenvalue weighted by Gasteiger charge is 2.27. The number of ether oxygens (including phenoxy) is 1. The fourth-order valence-corrected chi connectivity index (χ4v) is 2.30. The van der Waals surface area contributed by atoms with E-state index in [0.717, 1.165) is 12.8 Å². The Kier molecular flexibility index (Phi) is 5.26. The van der Waals surface area contributed by atoms with Gasteiger partial charge in [-0.2, -0.15) is 0 Å². The number of rotatable bonds is 4. The largest absolute Gasteiger partial charge is 0.461 e. The maximum Gasteiger partial charge on any atom is 0.323 e. The normalized spacial score (nSPS) is 27.8. The van der Waals surface area contributed by atoms with Crippen molar-refractivity contribution < 1.29 is 9.53 Å². The van der Waals surface area contributed by atoms with Crippen molar-refractivity contribution in [3.63, 3.8) is 0 Å². The number of carbonyl (C=O) groups excluding carboxylic acids is 1. The van der Waals surface area contributed by atoms with Crippen LogP contribution in [0.15, 0.2) is 0 Å². The molecule has 0 aromatic rings. The molecule has 0 aromatic heterocycles. The summed E-state index contributed by atoms with van der Waals surface area (Å²) in [6, 6.07) is -0.450. The lowest BCUT2D eigenvalue weighted by Crippen LogP contribution is -2.38. The van der Waals surface area contributed by atoms with E-state index in [-0.39, 0.29) is 12.1 Å². The summed E-state index contributed by atoms with van der Waals surface area (Å²) in [6.45, 7) is 6.29. The Morgan fingerprint density at radius 3 is 2.56 bits per heavy atom. The van der Waals surface area contributed by atoms with E-state index in [0.29, 0.717) is 18.3 Å². The molecule has 1 aliphatic rings. The molecule has 1 rings (SSSR count). The van der Waals surface area contributed by atoms with Crippen LogP contribution in [0.4, 0.5) is 0 Å². The minimum Gasteiger partial charge on any atom is -0.461 e. The van der Waals surface area contributed by atoms with Crippen molar-refractivity contribution in [1.82, 2.24) is 0 Å². The number of hydrogen-bond donors (Lipinski definition) is 1. The second kappa shape index (κ2) is 6.24. The van der Waals surface area contributed by atoms with E-state index in [4.69, 9.17) is 10.5 Å². The Morgan fingerprint density at radius 2 is 2.00 bits per heavy atom. The average molecular weight is 227 g/mol. The SMILES string of the molecule is CC(C)C[C@H](N)C(=O)OC1CCCCC1C. The van der Waals surface area contributed by atoms with E-state index in [1.165, 1.54) is 12.8 Å². The molecule has 1 aliphatic carbocycles. The molecule has 1 saturated carbocycles. The molecule has 2 unspecified atom stereocenters. The number of carbonyl (C=O) groups is 1. The molecule has 3 heteroatoms. The molecule has 1 fully saturated rings. The fraction of sp³-hybridized carbons (Fsp3) is 0.923. The monoisotopic (exact) mass is 227 g/mol. The number of esters is 1. The summed E-state index contributed by atoms with van der Waals surface area (Å²) in [5, 5.41) is 0. The van der Waals surface area contributed by atoms with E-state index in [1.54, 1.807) is 0 Å². The van der Waals surface area contributed by atoms with Crippen LogP contribution in [0.2, 0.25) is 0 Å². The van der Waals surface area contributed by atoms with Crippen molar-refractivity contribution in [3.05, 3.63) is 0 Å². The molecule has 16 heavy (non-hydrogen) atoms. The summed E-state index contributed by atoms with van der Waals surface area (Å²) < 4.78 is 5.50. The second-order valence-corrected chi connectivity index (χ2v) is 5.47. The van der Waals surface area contributed by atoms with Gasteiger partial charge in [0, 0.05) is 0 Å². The molecule has 0 radical (unpaired) electrons. The van der Waals surface area contributed by atoms with Crippen LogP contribution in [-0.2, 0) is 9.53 Å². The summed E-state index contributed by atoms with van der Waals surface area (Å²) >= 11 is 0. The van der Waals surface area contributed by atoms with Gasteiger partial charge in [0.2, 0.25) is 0 Å². The van der Waals surface area contributed by atoms with E-state index >= 15 is 0 Å². The molecule has 94 valence electrons. The number of hydrogen-bond acceptors (Lipinski definition) is 3. The molecule has 0 heterocycles. The second-order valence-electron chi connectivity index (χ2n) is 5.47. The Balaban J connectivity index is 2.37. The van der Waals surface area contributed by atoms with Crippen LogP contribution in [-0.4, -0.2) is 18.1 Å². The van der Waals surface area contributed by atoms with E-state index in [1.807, 2.05) is 0 Å². The van der Waals surface area contributed by atoms with Gasteiger partial charge in [-0.15, -0.1) is 0 Å². The standard InChI is InChI=1S/C13H25NO2/c1-9(2)8-11(14)13(15)16-12-7-5-4-6-10(12)3/h9-12H,4-8,14H2,1-3H3/t10?,11-,12?/m0/s1. The fourth-order valence-electron chi connectivity index (χ4n) is 2.30. The van der Waals surface area contributed by atoms with Crippen molar-refractivity contribution in [1.29, 1.82) is 0 Å². The summed E-state index contributed by atoms with van der Waals surface area (Å²) in [7, 11) is 0. The van der Waals surface area contributed by atoms with E-state index in [2.05, 4.69) is 20.8 Å². The van der Waals surface area contributed by atoms with Crippen LogP contribution >= 0.6 is 0 Å². The van der Waals surface area contributed by atoms with E-state index in [9.17, 15) is 4.79 Å². The molecule has 0 amide bonds. The minimum atomic E-state index is -0.450. The smallest absolute Gasteiger partial charge is 0.323 e. The zero-order valence-electron chi connectivity index (χ0n) is 10.7. The lowest BCUT2D eigenvalue weighted by Gasteiger charge is -2.29. The molecule has 3 atom stereocenters. The molecule has 0 bridgehead atoms. The van der Waals surface area contributed by atoms with Crippen LogP contribution < -0.4 is 5.73 Å². The molecule has 3 nitrogen and oxygen atoms in total. The minimum absolute atomic E-state index is 0.0967. The highest BCUT2D eigenvalue weighted by atomic mass is 16.5. The van der Waals surface area contributed by atoms with Gasteiger partial charge in [0.1, 0.15) is 12.1 Å². The summed E-state index contributed by atoms with van der Waals surface area (Å²) in [6.07, 6.45) is 5.40. The molecular weight excluding hydrogens is 202 g/mol. The van der Waals surface area contributed by atoms with Gasteiger partial charge < -0.3 is 10.5 Å². The topological polar surface area (TPSA) is 52.3 Å². The van der Waals surface area contributed by atoms with Crippen molar-refractivity contribution in [3.8, 4) is 0 Å². The van der Waals surface area contributed by atoms with E-state index < -0.39 is 6.04 Å². The molecular formula is C13H25NO2. The highest BCUT2D eigenvalue weighted by molar-refractivity contribution is 5.75. The first-order valence-corrected chi connectivity index (χ1v) is 6.46. The summed E-state index contributed by atoms with van der Waals surface area (Å²) in [5.74, 6) is 0.711. The van der Waals surface area contributed by atoms with Crippen molar-refractivity contribution >= 4 is 5.97 Å². The zero-order chi connectivity index (χ0) is 12.1. The molecule has 0 aromatic carbocycles. The van der Waals surface area contributed by atoms with Crippen LogP contribution in [0.25, 0.3) is 0 Å². The van der Waals surface area contributed by atoms with Gasteiger partial charge in [0.15, 0.2) is 0 Å². The Hall–Kier alpha value is -0.570. The van der Waals surface area contributed by atoms with Gasteiger partial charge in [-0.1, -0.05) is 27.2 Å². The highest BCUT2D eigenvalue weighted by Crippen LogP contribution is 2.26. The quantitative estimate of drug-likeness (QED) is 0.751. The summed E-state index contributed by atoms with van der Waals surface area (Å²) in [4.78, 5) is 11.7. The van der Waals surface area contributed by atoms with Gasteiger partial charge in [0.05, 0.1) is 0 Å². The molecule has 0 spiro atoms. The van der Waals surface area contributed by atoms with Crippen molar-refractivity contribution in [2.75, 3.05) is 0 Å². The third kappa shape index (κ3) is 4.12. The van der Waals surface area contributed by atoms with Crippen LogP contribution in [0, 0.1) is 11.8 Å². The average Bonchev–Trinajstić information content (AvgIpc) is 2.20. The summed E-state index contributed by atoms with van der Waals surface area (Å²) in [5.41, 5.74) is 5.81. The Morgan fingerprint density at radius 1 is 1.38 bits per heavy atom. The van der Waals surface area contributed by atoms with Crippen molar-refractivity contribution in [2.24, 2.45) is 17.6 Å². The van der Waals surface area contributed by atoms with Gasteiger partial charge in [0.25, 0.3) is 0 Å². The van der Waals surface area contributed by atoms with Gasteiger partial charge in [-0.05, 0) is 37.5 Å². The maximum atomic E-state index is 11.7. The first-order chi connectivity index (χ1) is 7.50. The van der Waals surface area contributed by atoms with Gasteiger partial charge in [-0.25, -0.2) is 0 Å². The Labute approximate surface area is 98.7 Å². The predicted octanol–water partition coefficient (Wildman–Crippen LogP) is 2.48. The van der Waals surface area contributed by atoms with Crippen LogP contribution in [0.1, 0.15) is 52.9 Å². The zero-order valence-corrected chi connectivity index (χ0v) is 10.7. The molecule has 0 aliphatic heterocycles.